The van der Waals surface area contributed by atoms with Crippen molar-refractivity contribution in [3.63, 3.8) is 0 Å². The van der Waals surface area contributed by atoms with Gasteiger partial charge in [-0.05, 0) is 45.1 Å². The topological polar surface area (TPSA) is 40.5 Å². The van der Waals surface area contributed by atoms with Crippen LogP contribution in [0.1, 0.15) is 58.3 Å². The Bertz CT molecular complexity index is 284. The fourth-order valence-electron chi connectivity index (χ4n) is 3.59. The van der Waals surface area contributed by atoms with Crippen molar-refractivity contribution in [3.8, 4) is 0 Å². The summed E-state index contributed by atoms with van der Waals surface area (Å²) in [6.45, 7) is 4.88. The Labute approximate surface area is 111 Å². The maximum absolute atomic E-state index is 11.3. The quantitative estimate of drug-likeness (QED) is 0.786. The van der Waals surface area contributed by atoms with Gasteiger partial charge >= 0.3 is 5.97 Å². The van der Waals surface area contributed by atoms with Crippen LogP contribution in [0.15, 0.2) is 0 Å². The molecule has 2 fully saturated rings. The van der Waals surface area contributed by atoms with Crippen molar-refractivity contribution < 1.29 is 9.90 Å². The molecule has 1 aliphatic heterocycles. The summed E-state index contributed by atoms with van der Waals surface area (Å²) < 4.78 is 0. The van der Waals surface area contributed by atoms with Gasteiger partial charge in [0.1, 0.15) is 0 Å². The highest BCUT2D eigenvalue weighted by molar-refractivity contribution is 5.74. The second-order valence-corrected chi connectivity index (χ2v) is 6.56. The minimum absolute atomic E-state index is 0.511. The molecule has 0 amide bonds. The third-order valence-corrected chi connectivity index (χ3v) is 4.78. The lowest BCUT2D eigenvalue weighted by atomic mass is 9.81. The number of hydrogen-bond acceptors (Lipinski definition) is 2. The summed E-state index contributed by atoms with van der Waals surface area (Å²) in [5, 5.41) is 9.34. The molecule has 1 saturated heterocycles. The second kappa shape index (κ2) is 6.05. The van der Waals surface area contributed by atoms with E-state index in [2.05, 4.69) is 4.90 Å². The molecule has 1 unspecified atom stereocenters. The van der Waals surface area contributed by atoms with Crippen LogP contribution in [0.4, 0.5) is 0 Å². The lowest BCUT2D eigenvalue weighted by Gasteiger charge is -2.39. The molecule has 0 spiro atoms. The van der Waals surface area contributed by atoms with Crippen LogP contribution in [0.3, 0.4) is 0 Å². The van der Waals surface area contributed by atoms with E-state index in [-0.39, 0.29) is 0 Å². The van der Waals surface area contributed by atoms with Crippen molar-refractivity contribution in [1.82, 2.24) is 4.90 Å². The summed E-state index contributed by atoms with van der Waals surface area (Å²) in [6, 6.07) is 0. The van der Waals surface area contributed by atoms with Crippen LogP contribution >= 0.6 is 0 Å². The standard InChI is InChI=1S/C15H27NO2/c1-15(14(17)18)9-6-10-16(12-15)11-13-7-4-2-3-5-8-13/h13H,2-12H2,1H3,(H,17,18). The lowest BCUT2D eigenvalue weighted by Crippen LogP contribution is -2.47. The number of hydrogen-bond donors (Lipinski definition) is 1. The number of carbonyl (C=O) groups is 1. The molecule has 0 aromatic rings. The van der Waals surface area contributed by atoms with Crippen molar-refractivity contribution in [3.05, 3.63) is 0 Å². The van der Waals surface area contributed by atoms with Gasteiger partial charge in [0.2, 0.25) is 0 Å². The molecule has 0 radical (unpaired) electrons. The number of aliphatic carboxylic acids is 1. The van der Waals surface area contributed by atoms with Gasteiger partial charge in [0.25, 0.3) is 0 Å². The van der Waals surface area contributed by atoms with Crippen LogP contribution in [0.25, 0.3) is 0 Å². The zero-order valence-corrected chi connectivity index (χ0v) is 11.7. The number of likely N-dealkylation sites (tertiary alicyclic amines) is 1. The first kappa shape index (κ1) is 13.9. The van der Waals surface area contributed by atoms with Gasteiger partial charge in [0, 0.05) is 13.1 Å². The summed E-state index contributed by atoms with van der Waals surface area (Å²) in [5.41, 5.74) is -0.511. The average molecular weight is 253 g/mol. The van der Waals surface area contributed by atoms with E-state index < -0.39 is 11.4 Å². The molecule has 18 heavy (non-hydrogen) atoms. The number of carboxylic acid groups (broad SMARTS) is 1. The van der Waals surface area contributed by atoms with Gasteiger partial charge in [0.15, 0.2) is 0 Å². The normalized spacial score (nSPS) is 32.1. The predicted molar refractivity (Wildman–Crippen MR) is 72.6 cm³/mol. The molecule has 2 aliphatic rings. The molecule has 0 aromatic heterocycles. The summed E-state index contributed by atoms with van der Waals surface area (Å²) >= 11 is 0. The molecular weight excluding hydrogens is 226 g/mol. The number of carboxylic acids is 1. The molecule has 0 bridgehead atoms. The zero-order chi connectivity index (χ0) is 13.0. The van der Waals surface area contributed by atoms with Crippen LogP contribution in [-0.2, 0) is 4.79 Å². The molecular formula is C15H27NO2. The lowest BCUT2D eigenvalue weighted by molar-refractivity contribution is -0.151. The summed E-state index contributed by atoms with van der Waals surface area (Å²) in [6.07, 6.45) is 10.1. The Balaban J connectivity index is 1.87. The zero-order valence-electron chi connectivity index (χ0n) is 11.7. The minimum Gasteiger partial charge on any atom is -0.481 e. The van der Waals surface area contributed by atoms with E-state index in [0.717, 1.165) is 38.4 Å². The highest BCUT2D eigenvalue weighted by atomic mass is 16.4. The molecule has 1 saturated carbocycles. The van der Waals surface area contributed by atoms with Gasteiger partial charge in [-0.2, -0.15) is 0 Å². The maximum atomic E-state index is 11.3. The highest BCUT2D eigenvalue weighted by Crippen LogP contribution is 2.31. The van der Waals surface area contributed by atoms with E-state index in [0.29, 0.717) is 0 Å². The van der Waals surface area contributed by atoms with E-state index in [9.17, 15) is 9.90 Å². The van der Waals surface area contributed by atoms with Gasteiger partial charge in [-0.3, -0.25) is 4.79 Å². The minimum atomic E-state index is -0.618. The van der Waals surface area contributed by atoms with Crippen molar-refractivity contribution in [2.24, 2.45) is 11.3 Å². The Morgan fingerprint density at radius 2 is 1.89 bits per heavy atom. The van der Waals surface area contributed by atoms with Crippen LogP contribution in [0.2, 0.25) is 0 Å². The number of rotatable bonds is 3. The number of nitrogens with zero attached hydrogens (tertiary/aromatic N) is 1. The number of piperidine rings is 1. The third kappa shape index (κ3) is 3.47. The van der Waals surface area contributed by atoms with Crippen LogP contribution in [-0.4, -0.2) is 35.6 Å². The first-order chi connectivity index (χ1) is 8.60. The van der Waals surface area contributed by atoms with Gasteiger partial charge in [-0.1, -0.05) is 25.7 Å². The Hall–Kier alpha value is -0.570. The highest BCUT2D eigenvalue weighted by Gasteiger charge is 2.38. The largest absolute Gasteiger partial charge is 0.481 e. The van der Waals surface area contributed by atoms with Crippen molar-refractivity contribution >= 4 is 5.97 Å². The maximum Gasteiger partial charge on any atom is 0.310 e. The first-order valence-corrected chi connectivity index (χ1v) is 7.56. The van der Waals surface area contributed by atoms with Gasteiger partial charge in [-0.25, -0.2) is 0 Å². The molecule has 1 aliphatic carbocycles. The SMILES string of the molecule is CC1(C(=O)O)CCCN(CC2CCCCCC2)C1. The van der Waals surface area contributed by atoms with Gasteiger partial charge < -0.3 is 10.0 Å². The molecule has 1 heterocycles. The fourth-order valence-corrected chi connectivity index (χ4v) is 3.59. The fraction of sp³-hybridized carbons (Fsp3) is 0.933. The summed E-state index contributed by atoms with van der Waals surface area (Å²) in [4.78, 5) is 13.8. The Morgan fingerprint density at radius 1 is 1.22 bits per heavy atom. The van der Waals surface area contributed by atoms with Crippen molar-refractivity contribution in [2.45, 2.75) is 58.3 Å². The second-order valence-electron chi connectivity index (χ2n) is 6.56. The monoisotopic (exact) mass is 253 g/mol. The van der Waals surface area contributed by atoms with Gasteiger partial charge in [-0.15, -0.1) is 0 Å². The van der Waals surface area contributed by atoms with E-state index in [1.165, 1.54) is 38.5 Å². The average Bonchev–Trinajstić information content (AvgIpc) is 2.57. The first-order valence-electron chi connectivity index (χ1n) is 7.56. The Morgan fingerprint density at radius 3 is 2.50 bits per heavy atom. The molecule has 3 heteroatoms. The smallest absolute Gasteiger partial charge is 0.310 e. The molecule has 104 valence electrons. The molecule has 3 nitrogen and oxygen atoms in total. The third-order valence-electron chi connectivity index (χ3n) is 4.78. The van der Waals surface area contributed by atoms with E-state index in [1.54, 1.807) is 0 Å². The van der Waals surface area contributed by atoms with Crippen molar-refractivity contribution in [1.29, 1.82) is 0 Å². The van der Waals surface area contributed by atoms with Crippen LogP contribution < -0.4 is 0 Å². The van der Waals surface area contributed by atoms with E-state index in [4.69, 9.17) is 0 Å². The van der Waals surface area contributed by atoms with Crippen molar-refractivity contribution in [2.75, 3.05) is 19.6 Å². The van der Waals surface area contributed by atoms with Crippen LogP contribution in [0.5, 0.6) is 0 Å². The summed E-state index contributed by atoms with van der Waals surface area (Å²) in [7, 11) is 0. The van der Waals surface area contributed by atoms with Crippen LogP contribution in [0, 0.1) is 11.3 Å². The van der Waals surface area contributed by atoms with E-state index in [1.807, 2.05) is 6.92 Å². The predicted octanol–water partition coefficient (Wildman–Crippen LogP) is 3.14. The molecule has 1 N–H and O–H groups in total. The van der Waals surface area contributed by atoms with Gasteiger partial charge in [0.05, 0.1) is 5.41 Å². The molecule has 2 rings (SSSR count). The Kier molecular flexibility index (Phi) is 4.66. The molecule has 1 atom stereocenters. The summed E-state index contributed by atoms with van der Waals surface area (Å²) in [5.74, 6) is 0.191. The molecule has 0 aromatic carbocycles. The van der Waals surface area contributed by atoms with E-state index >= 15 is 0 Å².